The fourth-order valence-electron chi connectivity index (χ4n) is 2.76. The highest BCUT2D eigenvalue weighted by molar-refractivity contribution is 7.19. The number of carbonyl (C=O) groups is 1. The van der Waals surface area contributed by atoms with Gasteiger partial charge in [-0.1, -0.05) is 23.5 Å². The van der Waals surface area contributed by atoms with Gasteiger partial charge in [0.15, 0.2) is 4.96 Å². The van der Waals surface area contributed by atoms with Gasteiger partial charge in [-0.3, -0.25) is 19.3 Å². The second kappa shape index (κ2) is 7.85. The number of non-ortho nitro benzene ring substituents is 1. The number of imidazole rings is 1. The van der Waals surface area contributed by atoms with E-state index < -0.39 is 4.92 Å². The second-order valence-corrected chi connectivity index (χ2v) is 7.49. The third kappa shape index (κ3) is 4.15. The molecule has 3 aromatic rings. The maximum Gasteiger partial charge on any atom is 0.270 e. The van der Waals surface area contributed by atoms with Crippen LogP contribution in [0.3, 0.4) is 0 Å². The minimum absolute atomic E-state index is 0.0263. The molecule has 8 nitrogen and oxygen atoms in total. The fourth-order valence-corrected chi connectivity index (χ4v) is 3.78. The highest BCUT2D eigenvalue weighted by Crippen LogP contribution is 2.28. The summed E-state index contributed by atoms with van der Waals surface area (Å²) in [6.07, 6.45) is 2.69. The first kappa shape index (κ1) is 19.0. The minimum Gasteiger partial charge on any atom is -0.351 e. The maximum absolute atomic E-state index is 12.4. The summed E-state index contributed by atoms with van der Waals surface area (Å²) >= 11 is 1.32. The summed E-state index contributed by atoms with van der Waals surface area (Å²) in [6.45, 7) is 3.41. The van der Waals surface area contributed by atoms with Gasteiger partial charge in [0.1, 0.15) is 4.88 Å². The number of carbonyl (C=O) groups excluding carboxylic acids is 1. The maximum atomic E-state index is 12.4. The number of benzene rings is 1. The van der Waals surface area contributed by atoms with E-state index in [2.05, 4.69) is 15.2 Å². The zero-order valence-electron chi connectivity index (χ0n) is 15.4. The number of amides is 1. The predicted molar refractivity (Wildman–Crippen MR) is 105 cm³/mol. The Morgan fingerprint density at radius 2 is 2.19 bits per heavy atom. The average molecular weight is 387 g/mol. The fraction of sp³-hybridized carbons (Fsp3) is 0.333. The number of thiazole rings is 1. The lowest BCUT2D eigenvalue weighted by Gasteiger charge is -2.09. The first-order chi connectivity index (χ1) is 12.9. The van der Waals surface area contributed by atoms with E-state index in [0.717, 1.165) is 18.7 Å². The van der Waals surface area contributed by atoms with Crippen molar-refractivity contribution in [2.75, 3.05) is 27.2 Å². The van der Waals surface area contributed by atoms with Crippen LogP contribution in [0.4, 0.5) is 5.69 Å². The molecule has 0 radical (unpaired) electrons. The minimum atomic E-state index is -0.425. The predicted octanol–water partition coefficient (Wildman–Crippen LogP) is 2.96. The summed E-state index contributed by atoms with van der Waals surface area (Å²) < 4.78 is 1.85. The summed E-state index contributed by atoms with van der Waals surface area (Å²) in [5.41, 5.74) is 2.16. The SMILES string of the molecule is Cc1c(C(=O)NCCCN(C)C)sc2nc(-c3cccc([N+](=O)[O-])c3)cn12. The molecule has 0 aliphatic heterocycles. The van der Waals surface area contributed by atoms with Gasteiger partial charge in [0.25, 0.3) is 11.6 Å². The van der Waals surface area contributed by atoms with Crippen molar-refractivity contribution in [3.63, 3.8) is 0 Å². The van der Waals surface area contributed by atoms with Crippen molar-refractivity contribution >= 4 is 27.9 Å². The third-order valence-electron chi connectivity index (χ3n) is 4.18. The molecule has 0 saturated carbocycles. The zero-order chi connectivity index (χ0) is 19.6. The molecule has 2 aromatic heterocycles. The summed E-state index contributed by atoms with van der Waals surface area (Å²) in [7, 11) is 4.00. The van der Waals surface area contributed by atoms with Crippen LogP contribution >= 0.6 is 11.3 Å². The number of nitro groups is 1. The van der Waals surface area contributed by atoms with Crippen molar-refractivity contribution in [3.8, 4) is 11.3 Å². The van der Waals surface area contributed by atoms with E-state index in [0.29, 0.717) is 27.6 Å². The van der Waals surface area contributed by atoms with Crippen LogP contribution in [0.25, 0.3) is 16.2 Å². The number of aromatic nitrogens is 2. The van der Waals surface area contributed by atoms with E-state index >= 15 is 0 Å². The standard InChI is InChI=1S/C18H21N5O3S/c1-12-16(17(24)19-8-5-9-21(2)3)27-18-20-15(11-22(12)18)13-6-4-7-14(10-13)23(25)26/h4,6-7,10-11H,5,8-9H2,1-3H3,(H,19,24). The highest BCUT2D eigenvalue weighted by atomic mass is 32.1. The highest BCUT2D eigenvalue weighted by Gasteiger charge is 2.18. The molecule has 0 aliphatic rings. The van der Waals surface area contributed by atoms with Gasteiger partial charge < -0.3 is 10.2 Å². The normalized spacial score (nSPS) is 11.3. The largest absolute Gasteiger partial charge is 0.351 e. The number of nitro benzene ring substituents is 1. The third-order valence-corrected chi connectivity index (χ3v) is 5.34. The molecule has 2 heterocycles. The van der Waals surface area contributed by atoms with E-state index in [1.807, 2.05) is 31.6 Å². The number of nitrogens with one attached hydrogen (secondary N) is 1. The van der Waals surface area contributed by atoms with Gasteiger partial charge in [0.2, 0.25) is 0 Å². The Hall–Kier alpha value is -2.78. The van der Waals surface area contributed by atoms with Crippen molar-refractivity contribution in [1.82, 2.24) is 19.6 Å². The van der Waals surface area contributed by atoms with Gasteiger partial charge in [0, 0.05) is 36.1 Å². The lowest BCUT2D eigenvalue weighted by molar-refractivity contribution is -0.384. The number of nitrogens with zero attached hydrogens (tertiary/aromatic N) is 4. The van der Waals surface area contributed by atoms with E-state index in [4.69, 9.17) is 0 Å². The molecule has 0 aliphatic carbocycles. The Bertz CT molecular complexity index is 992. The molecule has 0 unspecified atom stereocenters. The lowest BCUT2D eigenvalue weighted by Crippen LogP contribution is -2.27. The Morgan fingerprint density at radius 1 is 1.41 bits per heavy atom. The average Bonchev–Trinajstić information content (AvgIpc) is 3.18. The van der Waals surface area contributed by atoms with Crippen LogP contribution in [0.15, 0.2) is 30.5 Å². The Kier molecular flexibility index (Phi) is 5.52. The van der Waals surface area contributed by atoms with Gasteiger partial charge in [-0.25, -0.2) is 4.98 Å². The number of aryl methyl sites for hydroxylation is 1. The van der Waals surface area contributed by atoms with Gasteiger partial charge >= 0.3 is 0 Å². The van der Waals surface area contributed by atoms with Gasteiger partial charge in [-0.2, -0.15) is 0 Å². The summed E-state index contributed by atoms with van der Waals surface area (Å²) in [6, 6.07) is 6.37. The number of hydrogen-bond donors (Lipinski definition) is 1. The van der Waals surface area contributed by atoms with Crippen molar-refractivity contribution in [1.29, 1.82) is 0 Å². The molecule has 0 bridgehead atoms. The van der Waals surface area contributed by atoms with Crippen LogP contribution in [-0.4, -0.2) is 52.3 Å². The summed E-state index contributed by atoms with van der Waals surface area (Å²) in [5.74, 6) is -0.0985. The van der Waals surface area contributed by atoms with Crippen molar-refractivity contribution < 1.29 is 9.72 Å². The van der Waals surface area contributed by atoms with Crippen molar-refractivity contribution in [2.45, 2.75) is 13.3 Å². The smallest absolute Gasteiger partial charge is 0.270 e. The van der Waals surface area contributed by atoms with Crippen LogP contribution in [0.1, 0.15) is 21.8 Å². The first-order valence-electron chi connectivity index (χ1n) is 8.53. The number of hydrogen-bond acceptors (Lipinski definition) is 6. The molecule has 9 heteroatoms. The molecule has 3 rings (SSSR count). The van der Waals surface area contributed by atoms with Crippen molar-refractivity contribution in [2.24, 2.45) is 0 Å². The molecular weight excluding hydrogens is 366 g/mol. The first-order valence-corrected chi connectivity index (χ1v) is 9.34. The summed E-state index contributed by atoms with van der Waals surface area (Å²) in [5, 5.41) is 13.9. The Morgan fingerprint density at radius 3 is 2.85 bits per heavy atom. The molecule has 0 fully saturated rings. The quantitative estimate of drug-likeness (QED) is 0.382. The van der Waals surface area contributed by atoms with Gasteiger partial charge in [-0.15, -0.1) is 0 Å². The molecule has 1 aromatic carbocycles. The second-order valence-electron chi connectivity index (χ2n) is 6.52. The van der Waals surface area contributed by atoms with Gasteiger partial charge in [-0.05, 0) is 34.0 Å². The molecule has 1 amide bonds. The molecular formula is C18H21N5O3S. The molecule has 142 valence electrons. The van der Waals surface area contributed by atoms with Crippen LogP contribution in [0.5, 0.6) is 0 Å². The monoisotopic (exact) mass is 387 g/mol. The topological polar surface area (TPSA) is 92.8 Å². The molecule has 1 N–H and O–H groups in total. The van der Waals surface area contributed by atoms with E-state index in [1.165, 1.54) is 23.5 Å². The van der Waals surface area contributed by atoms with E-state index in [1.54, 1.807) is 12.1 Å². The van der Waals surface area contributed by atoms with Gasteiger partial charge in [0.05, 0.1) is 10.6 Å². The molecule has 0 saturated heterocycles. The molecule has 27 heavy (non-hydrogen) atoms. The van der Waals surface area contributed by atoms with Crippen LogP contribution in [0.2, 0.25) is 0 Å². The van der Waals surface area contributed by atoms with Crippen LogP contribution in [0, 0.1) is 17.0 Å². The zero-order valence-corrected chi connectivity index (χ0v) is 16.2. The molecule has 0 spiro atoms. The number of fused-ring (bicyclic) bond motifs is 1. The lowest BCUT2D eigenvalue weighted by atomic mass is 10.1. The Labute approximate surface area is 160 Å². The number of rotatable bonds is 7. The van der Waals surface area contributed by atoms with Crippen LogP contribution < -0.4 is 5.32 Å². The Balaban J connectivity index is 1.79. The van der Waals surface area contributed by atoms with E-state index in [-0.39, 0.29) is 11.6 Å². The van der Waals surface area contributed by atoms with E-state index in [9.17, 15) is 14.9 Å². The van der Waals surface area contributed by atoms with Crippen LogP contribution in [-0.2, 0) is 0 Å². The van der Waals surface area contributed by atoms with Crippen molar-refractivity contribution in [3.05, 3.63) is 51.1 Å². The molecule has 0 atom stereocenters. The summed E-state index contributed by atoms with van der Waals surface area (Å²) in [4.78, 5) is 30.9.